The van der Waals surface area contributed by atoms with Crippen LogP contribution in [0.4, 0.5) is 0 Å². The first kappa shape index (κ1) is 13.2. The number of pyridine rings is 1. The van der Waals surface area contributed by atoms with Gasteiger partial charge in [-0.2, -0.15) is 5.10 Å². The molecule has 5 heteroatoms. The van der Waals surface area contributed by atoms with Crippen molar-refractivity contribution >= 4 is 23.2 Å². The first-order valence-corrected chi connectivity index (χ1v) is 6.07. The molecule has 0 aliphatic rings. The summed E-state index contributed by atoms with van der Waals surface area (Å²) in [7, 11) is 0. The zero-order valence-electron chi connectivity index (χ0n) is 10.3. The third-order valence-electron chi connectivity index (χ3n) is 2.49. The van der Waals surface area contributed by atoms with Crippen molar-refractivity contribution in [3.05, 3.63) is 64.9 Å². The van der Waals surface area contributed by atoms with E-state index in [9.17, 15) is 4.79 Å². The van der Waals surface area contributed by atoms with Gasteiger partial charge < -0.3 is 0 Å². The van der Waals surface area contributed by atoms with Gasteiger partial charge in [-0.1, -0.05) is 35.9 Å². The highest BCUT2D eigenvalue weighted by molar-refractivity contribution is 6.34. The molecule has 0 aliphatic carbocycles. The Bertz CT molecular complexity index is 611. The fraction of sp³-hybridized carbons (Fsp3) is 0.0714. The number of nitrogens with one attached hydrogen (secondary N) is 1. The number of rotatable bonds is 3. The van der Waals surface area contributed by atoms with Gasteiger partial charge in [-0.05, 0) is 25.1 Å². The van der Waals surface area contributed by atoms with Gasteiger partial charge >= 0.3 is 0 Å². The van der Waals surface area contributed by atoms with E-state index in [1.807, 2.05) is 18.2 Å². The number of carbonyl (C=O) groups is 1. The standard InChI is InChI=1S/C14H12ClN3O/c1-10(11-6-2-3-7-12(11)15)17-18-14(19)13-8-4-5-9-16-13/h2-9H,1H3,(H,18,19)/b17-10+. The van der Waals surface area contributed by atoms with Crippen LogP contribution in [0.2, 0.25) is 5.02 Å². The fourth-order valence-corrected chi connectivity index (χ4v) is 1.78. The zero-order chi connectivity index (χ0) is 13.7. The van der Waals surface area contributed by atoms with Crippen LogP contribution in [0, 0.1) is 0 Å². The summed E-state index contributed by atoms with van der Waals surface area (Å²) in [6.07, 6.45) is 1.56. The lowest BCUT2D eigenvalue weighted by molar-refractivity contribution is 0.0950. The van der Waals surface area contributed by atoms with Gasteiger partial charge in [-0.3, -0.25) is 9.78 Å². The number of benzene rings is 1. The highest BCUT2D eigenvalue weighted by Crippen LogP contribution is 2.15. The van der Waals surface area contributed by atoms with Crippen molar-refractivity contribution in [2.45, 2.75) is 6.92 Å². The molecule has 1 N–H and O–H groups in total. The Hall–Kier alpha value is -2.20. The topological polar surface area (TPSA) is 54.4 Å². The van der Waals surface area contributed by atoms with E-state index >= 15 is 0 Å². The molecule has 0 atom stereocenters. The second-order valence-electron chi connectivity index (χ2n) is 3.83. The molecular formula is C14H12ClN3O. The van der Waals surface area contributed by atoms with Crippen molar-refractivity contribution in [3.63, 3.8) is 0 Å². The molecule has 0 saturated carbocycles. The Balaban J connectivity index is 2.11. The minimum absolute atomic E-state index is 0.318. The van der Waals surface area contributed by atoms with Crippen LogP contribution in [0.15, 0.2) is 53.8 Å². The van der Waals surface area contributed by atoms with Gasteiger partial charge in [0, 0.05) is 16.8 Å². The molecule has 2 aromatic rings. The molecule has 1 amide bonds. The monoisotopic (exact) mass is 273 g/mol. The number of hydrogen-bond donors (Lipinski definition) is 1. The van der Waals surface area contributed by atoms with Crippen molar-refractivity contribution in [2.75, 3.05) is 0 Å². The summed E-state index contributed by atoms with van der Waals surface area (Å²) >= 11 is 6.05. The van der Waals surface area contributed by atoms with Crippen molar-refractivity contribution < 1.29 is 4.79 Å². The first-order valence-electron chi connectivity index (χ1n) is 5.69. The lowest BCUT2D eigenvalue weighted by Gasteiger charge is -2.04. The number of nitrogens with zero attached hydrogens (tertiary/aromatic N) is 2. The number of amides is 1. The van der Waals surface area contributed by atoms with E-state index in [-0.39, 0.29) is 5.91 Å². The third-order valence-corrected chi connectivity index (χ3v) is 2.82. The second kappa shape index (κ2) is 6.11. The third kappa shape index (κ3) is 3.39. The lowest BCUT2D eigenvalue weighted by Crippen LogP contribution is -2.20. The van der Waals surface area contributed by atoms with Gasteiger partial charge in [-0.25, -0.2) is 5.43 Å². The normalized spacial score (nSPS) is 11.2. The predicted molar refractivity (Wildman–Crippen MR) is 75.4 cm³/mol. The molecule has 1 aromatic heterocycles. The Labute approximate surface area is 116 Å². The number of hydrazone groups is 1. The Morgan fingerprint density at radius 2 is 1.95 bits per heavy atom. The van der Waals surface area contributed by atoms with E-state index in [0.29, 0.717) is 16.4 Å². The maximum absolute atomic E-state index is 11.8. The molecule has 0 unspecified atom stereocenters. The van der Waals surface area contributed by atoms with E-state index in [4.69, 9.17) is 11.6 Å². The van der Waals surface area contributed by atoms with Crippen LogP contribution in [0.5, 0.6) is 0 Å². The summed E-state index contributed by atoms with van der Waals surface area (Å²) < 4.78 is 0. The molecule has 0 bridgehead atoms. The van der Waals surface area contributed by atoms with Crippen LogP contribution in [-0.2, 0) is 0 Å². The quantitative estimate of drug-likeness (QED) is 0.690. The maximum Gasteiger partial charge on any atom is 0.289 e. The molecule has 0 saturated heterocycles. The van der Waals surface area contributed by atoms with E-state index < -0.39 is 0 Å². The van der Waals surface area contributed by atoms with Crippen molar-refractivity contribution in [2.24, 2.45) is 5.10 Å². The smallest absolute Gasteiger partial charge is 0.266 e. The largest absolute Gasteiger partial charge is 0.289 e. The molecule has 1 aromatic carbocycles. The highest BCUT2D eigenvalue weighted by Gasteiger charge is 2.06. The molecule has 0 aliphatic heterocycles. The average molecular weight is 274 g/mol. The Kier molecular flexibility index (Phi) is 4.26. The number of aromatic nitrogens is 1. The van der Waals surface area contributed by atoms with E-state index in [1.54, 1.807) is 37.4 Å². The summed E-state index contributed by atoms with van der Waals surface area (Å²) in [5.41, 5.74) is 4.19. The van der Waals surface area contributed by atoms with Crippen molar-refractivity contribution in [3.8, 4) is 0 Å². The van der Waals surface area contributed by atoms with Gasteiger partial charge in [0.15, 0.2) is 0 Å². The van der Waals surface area contributed by atoms with E-state index in [1.165, 1.54) is 0 Å². The molecule has 96 valence electrons. The minimum atomic E-state index is -0.355. The Morgan fingerprint density at radius 1 is 1.21 bits per heavy atom. The van der Waals surface area contributed by atoms with E-state index in [2.05, 4.69) is 15.5 Å². The summed E-state index contributed by atoms with van der Waals surface area (Å²) in [6, 6.07) is 12.4. The lowest BCUT2D eigenvalue weighted by atomic mass is 10.1. The predicted octanol–water partition coefficient (Wildman–Crippen LogP) is 2.89. The second-order valence-corrected chi connectivity index (χ2v) is 4.24. The van der Waals surface area contributed by atoms with Crippen molar-refractivity contribution in [1.82, 2.24) is 10.4 Å². The van der Waals surface area contributed by atoms with Crippen LogP contribution in [0.25, 0.3) is 0 Å². The summed E-state index contributed by atoms with van der Waals surface area (Å²) in [4.78, 5) is 15.7. The number of halogens is 1. The molecule has 2 rings (SSSR count). The van der Waals surface area contributed by atoms with E-state index in [0.717, 1.165) is 5.56 Å². The molecule has 0 fully saturated rings. The highest BCUT2D eigenvalue weighted by atomic mass is 35.5. The van der Waals surface area contributed by atoms with Gasteiger partial charge in [0.1, 0.15) is 5.69 Å². The van der Waals surface area contributed by atoms with Crippen molar-refractivity contribution in [1.29, 1.82) is 0 Å². The summed E-state index contributed by atoms with van der Waals surface area (Å²) in [6.45, 7) is 1.78. The molecule has 4 nitrogen and oxygen atoms in total. The molecule has 0 radical (unpaired) electrons. The molecular weight excluding hydrogens is 262 g/mol. The number of carbonyl (C=O) groups excluding carboxylic acids is 1. The number of hydrogen-bond acceptors (Lipinski definition) is 3. The van der Waals surface area contributed by atoms with Crippen LogP contribution in [0.3, 0.4) is 0 Å². The Morgan fingerprint density at radius 3 is 2.63 bits per heavy atom. The fourth-order valence-electron chi connectivity index (χ4n) is 1.50. The average Bonchev–Trinajstić information content (AvgIpc) is 2.46. The molecule has 0 spiro atoms. The van der Waals surface area contributed by atoms with Crippen LogP contribution >= 0.6 is 11.6 Å². The van der Waals surface area contributed by atoms with Gasteiger partial charge in [0.2, 0.25) is 0 Å². The van der Waals surface area contributed by atoms with Crippen LogP contribution in [-0.4, -0.2) is 16.6 Å². The molecule has 1 heterocycles. The van der Waals surface area contributed by atoms with Crippen LogP contribution in [0.1, 0.15) is 23.0 Å². The summed E-state index contributed by atoms with van der Waals surface area (Å²) in [5.74, 6) is -0.355. The van der Waals surface area contributed by atoms with Crippen LogP contribution < -0.4 is 5.43 Å². The SMILES string of the molecule is C/C(=N\NC(=O)c1ccccn1)c1ccccc1Cl. The molecule has 19 heavy (non-hydrogen) atoms. The summed E-state index contributed by atoms with van der Waals surface area (Å²) in [5, 5.41) is 4.62. The van der Waals surface area contributed by atoms with Gasteiger partial charge in [-0.15, -0.1) is 0 Å². The van der Waals surface area contributed by atoms with Gasteiger partial charge in [0.25, 0.3) is 5.91 Å². The van der Waals surface area contributed by atoms with Gasteiger partial charge in [0.05, 0.1) is 5.71 Å². The minimum Gasteiger partial charge on any atom is -0.266 e. The zero-order valence-corrected chi connectivity index (χ0v) is 11.1. The maximum atomic E-state index is 11.8. The first-order chi connectivity index (χ1) is 9.18.